The first-order chi connectivity index (χ1) is 15.3. The lowest BCUT2D eigenvalue weighted by atomic mass is 9.37. The molecular formula is C27H40O6. The van der Waals surface area contributed by atoms with Crippen LogP contribution in [0.25, 0.3) is 0 Å². The fraction of sp³-hybridized carbons (Fsp3) is 0.815. The molecule has 1 heterocycles. The number of hydrogen-bond acceptors (Lipinski definition) is 6. The minimum absolute atomic E-state index is 0.0566. The highest BCUT2D eigenvalue weighted by atomic mass is 17.1. The summed E-state index contributed by atoms with van der Waals surface area (Å²) in [6.07, 6.45) is 7.11. The van der Waals surface area contributed by atoms with E-state index in [1.54, 1.807) is 6.92 Å². The molecule has 1 spiro atoms. The predicted molar refractivity (Wildman–Crippen MR) is 123 cm³/mol. The van der Waals surface area contributed by atoms with Crippen LogP contribution in [0.2, 0.25) is 0 Å². The third-order valence-electron chi connectivity index (χ3n) is 11.3. The first-order valence-corrected chi connectivity index (χ1v) is 12.7. The molecular weight excluding hydrogens is 420 g/mol. The molecule has 6 nitrogen and oxygen atoms in total. The van der Waals surface area contributed by atoms with Crippen molar-refractivity contribution in [1.82, 2.24) is 0 Å². The quantitative estimate of drug-likeness (QED) is 0.362. The predicted octanol–water partition coefficient (Wildman–Crippen LogP) is 5.32. The lowest BCUT2D eigenvalue weighted by Crippen LogP contribution is -2.67. The fourth-order valence-corrected chi connectivity index (χ4v) is 9.49. The second kappa shape index (κ2) is 6.86. The summed E-state index contributed by atoms with van der Waals surface area (Å²) in [7, 11) is 0. The summed E-state index contributed by atoms with van der Waals surface area (Å²) in [5.74, 6) is 0.275. The lowest BCUT2D eigenvalue weighted by Gasteiger charge is -2.69. The number of rotatable bonds is 1. The van der Waals surface area contributed by atoms with Crippen molar-refractivity contribution in [2.75, 3.05) is 0 Å². The second-order valence-corrected chi connectivity index (χ2v) is 12.9. The SMILES string of the molecule is CC1=C2O[C@@]3(C[C@]2(OO)C(=O)C(O)=C1)[C@@H](C)CC[C@H]1[C@@]2(C)CC[C@H](O)C(C)(C)[C@@H]2CC[C@@]13C. The van der Waals surface area contributed by atoms with E-state index in [9.17, 15) is 20.3 Å². The van der Waals surface area contributed by atoms with Crippen LogP contribution in [0.5, 0.6) is 0 Å². The van der Waals surface area contributed by atoms with Gasteiger partial charge in [0.2, 0.25) is 11.4 Å². The van der Waals surface area contributed by atoms with Gasteiger partial charge >= 0.3 is 0 Å². The van der Waals surface area contributed by atoms with Crippen LogP contribution >= 0.6 is 0 Å². The standard InChI is InChI=1S/C27H40O6/c1-15-13-17(28)21(30)26(33-31)14-27(32-22(15)26)16(2)7-8-19-24(5)11-10-20(29)23(3,4)18(24)9-12-25(19,27)6/h13,16,18-20,28-29,31H,7-12,14H2,1-6H3/t16-,18-,19-,20-,24-,25-,26-,27-/m0/s1. The van der Waals surface area contributed by atoms with Gasteiger partial charge in [-0.25, -0.2) is 4.89 Å². The van der Waals surface area contributed by atoms with Crippen LogP contribution in [-0.4, -0.2) is 38.6 Å². The molecule has 0 aromatic rings. The molecule has 1 aliphatic heterocycles. The highest BCUT2D eigenvalue weighted by Crippen LogP contribution is 2.73. The largest absolute Gasteiger partial charge is 0.504 e. The Balaban J connectivity index is 1.63. The molecule has 184 valence electrons. The number of Topliss-reactive ketones (excluding diaryl/α,β-unsaturated/α-hetero) is 1. The molecule has 0 radical (unpaired) electrons. The number of ketones is 1. The molecule has 8 atom stereocenters. The average molecular weight is 461 g/mol. The molecule has 33 heavy (non-hydrogen) atoms. The number of ether oxygens (including phenoxy) is 1. The van der Waals surface area contributed by atoms with Crippen LogP contribution in [0.15, 0.2) is 23.2 Å². The Kier molecular flexibility index (Phi) is 4.86. The normalized spacial score (nSPS) is 50.9. The summed E-state index contributed by atoms with van der Waals surface area (Å²) in [5, 5.41) is 31.2. The van der Waals surface area contributed by atoms with Gasteiger partial charge in [-0.2, -0.15) is 0 Å². The van der Waals surface area contributed by atoms with Gasteiger partial charge in [-0.05, 0) is 85.7 Å². The van der Waals surface area contributed by atoms with Gasteiger partial charge in [0.05, 0.1) is 6.10 Å². The van der Waals surface area contributed by atoms with Crippen molar-refractivity contribution >= 4 is 5.78 Å². The molecule has 5 aliphatic rings. The van der Waals surface area contributed by atoms with Crippen molar-refractivity contribution in [3.63, 3.8) is 0 Å². The second-order valence-electron chi connectivity index (χ2n) is 12.9. The zero-order valence-electron chi connectivity index (χ0n) is 20.9. The van der Waals surface area contributed by atoms with Crippen LogP contribution in [-0.2, 0) is 14.4 Å². The molecule has 4 aliphatic carbocycles. The minimum Gasteiger partial charge on any atom is -0.504 e. The van der Waals surface area contributed by atoms with Crippen LogP contribution in [0.1, 0.15) is 86.5 Å². The van der Waals surface area contributed by atoms with Crippen LogP contribution in [0.3, 0.4) is 0 Å². The Morgan fingerprint density at radius 2 is 1.76 bits per heavy atom. The third kappa shape index (κ3) is 2.58. The summed E-state index contributed by atoms with van der Waals surface area (Å²) < 4.78 is 6.87. The third-order valence-corrected chi connectivity index (χ3v) is 11.3. The summed E-state index contributed by atoms with van der Waals surface area (Å²) in [4.78, 5) is 18.1. The highest BCUT2D eigenvalue weighted by Gasteiger charge is 2.74. The van der Waals surface area contributed by atoms with Crippen LogP contribution in [0, 0.1) is 34.0 Å². The Hall–Kier alpha value is -1.37. The zero-order valence-corrected chi connectivity index (χ0v) is 20.9. The van der Waals surface area contributed by atoms with E-state index in [0.717, 1.165) is 38.5 Å². The van der Waals surface area contributed by atoms with E-state index in [-0.39, 0.29) is 34.7 Å². The Morgan fingerprint density at radius 3 is 2.42 bits per heavy atom. The van der Waals surface area contributed by atoms with Crippen molar-refractivity contribution in [3.05, 3.63) is 23.2 Å². The van der Waals surface area contributed by atoms with Gasteiger partial charge < -0.3 is 14.9 Å². The van der Waals surface area contributed by atoms with E-state index in [2.05, 4.69) is 34.6 Å². The number of carbonyl (C=O) groups is 1. The topological polar surface area (TPSA) is 96.2 Å². The van der Waals surface area contributed by atoms with Gasteiger partial charge in [-0.1, -0.05) is 34.6 Å². The number of aliphatic hydroxyl groups is 2. The van der Waals surface area contributed by atoms with E-state index in [4.69, 9.17) is 9.62 Å². The summed E-state index contributed by atoms with van der Waals surface area (Å²) >= 11 is 0. The van der Waals surface area contributed by atoms with Crippen LogP contribution < -0.4 is 0 Å². The van der Waals surface area contributed by atoms with E-state index in [1.807, 2.05) is 0 Å². The molecule has 0 aromatic heterocycles. The van der Waals surface area contributed by atoms with Crippen molar-refractivity contribution in [2.24, 2.45) is 34.0 Å². The maximum Gasteiger partial charge on any atom is 0.240 e. The number of hydrogen-bond donors (Lipinski definition) is 3. The van der Waals surface area contributed by atoms with Crippen molar-refractivity contribution in [3.8, 4) is 0 Å². The molecule has 3 saturated carbocycles. The van der Waals surface area contributed by atoms with Crippen molar-refractivity contribution in [1.29, 1.82) is 0 Å². The molecule has 6 heteroatoms. The molecule has 0 amide bonds. The fourth-order valence-electron chi connectivity index (χ4n) is 9.49. The van der Waals surface area contributed by atoms with Gasteiger partial charge in [0.25, 0.3) is 0 Å². The zero-order chi connectivity index (χ0) is 24.2. The van der Waals surface area contributed by atoms with E-state index >= 15 is 0 Å². The smallest absolute Gasteiger partial charge is 0.240 e. The number of fused-ring (bicyclic) bond motifs is 5. The maximum atomic E-state index is 13.2. The maximum absolute atomic E-state index is 13.2. The Labute approximate surface area is 197 Å². The molecule has 5 rings (SSSR count). The molecule has 3 N–H and O–H groups in total. The van der Waals surface area contributed by atoms with Gasteiger partial charge in [0.15, 0.2) is 5.76 Å². The molecule has 0 bridgehead atoms. The van der Waals surface area contributed by atoms with Crippen molar-refractivity contribution < 1.29 is 29.9 Å². The Morgan fingerprint density at radius 1 is 1.06 bits per heavy atom. The molecule has 4 fully saturated rings. The Bertz CT molecular complexity index is 950. The summed E-state index contributed by atoms with van der Waals surface area (Å²) in [6.45, 7) is 13.2. The van der Waals surface area contributed by atoms with E-state index in [1.165, 1.54) is 6.08 Å². The lowest BCUT2D eigenvalue weighted by molar-refractivity contribution is -0.303. The van der Waals surface area contributed by atoms with Gasteiger partial charge in [-0.15, -0.1) is 0 Å². The van der Waals surface area contributed by atoms with Crippen LogP contribution in [0.4, 0.5) is 0 Å². The van der Waals surface area contributed by atoms with E-state index < -0.39 is 22.7 Å². The molecule has 0 unspecified atom stereocenters. The summed E-state index contributed by atoms with van der Waals surface area (Å²) in [5.41, 5.74) is -2.06. The number of allylic oxidation sites excluding steroid dienone is 2. The summed E-state index contributed by atoms with van der Waals surface area (Å²) in [6, 6.07) is 0. The number of carbonyl (C=O) groups excluding carboxylic acids is 1. The minimum atomic E-state index is -1.68. The van der Waals surface area contributed by atoms with Crippen molar-refractivity contribution in [2.45, 2.75) is 104 Å². The first kappa shape index (κ1) is 23.4. The monoisotopic (exact) mass is 460 g/mol. The first-order valence-electron chi connectivity index (χ1n) is 12.7. The van der Waals surface area contributed by atoms with E-state index in [0.29, 0.717) is 23.2 Å². The van der Waals surface area contributed by atoms with Gasteiger partial charge in [-0.3, -0.25) is 10.1 Å². The van der Waals surface area contributed by atoms with Gasteiger partial charge in [0, 0.05) is 11.8 Å². The van der Waals surface area contributed by atoms with Gasteiger partial charge in [0.1, 0.15) is 11.4 Å². The highest BCUT2D eigenvalue weighted by molar-refractivity contribution is 6.04. The molecule has 1 saturated heterocycles. The molecule has 0 aromatic carbocycles. The average Bonchev–Trinajstić information content (AvgIpc) is 3.13. The number of aliphatic hydroxyl groups excluding tert-OH is 2.